The van der Waals surface area contributed by atoms with Gasteiger partial charge in [-0.25, -0.2) is 0 Å². The summed E-state index contributed by atoms with van der Waals surface area (Å²) in [7, 11) is 0. The lowest BCUT2D eigenvalue weighted by Crippen LogP contribution is -2.51. The molecule has 1 nitrogen and oxygen atoms in total. The second-order valence-corrected chi connectivity index (χ2v) is 1.22. The molecule has 0 unspecified atom stereocenters. The summed E-state index contributed by atoms with van der Waals surface area (Å²) in [6.07, 6.45) is -4.78. The highest BCUT2D eigenvalue weighted by molar-refractivity contribution is 4.44. The van der Waals surface area contributed by atoms with E-state index in [4.69, 9.17) is 0 Å². The number of alkyl halides is 3. The Morgan fingerprint density at radius 3 is 1.71 bits per heavy atom. The molecule has 0 aliphatic heterocycles. The molecule has 0 aromatic rings. The van der Waals surface area contributed by atoms with Crippen molar-refractivity contribution < 1.29 is 18.9 Å². The van der Waals surface area contributed by atoms with Crippen molar-refractivity contribution in [2.24, 2.45) is 0 Å². The van der Waals surface area contributed by atoms with Crippen molar-refractivity contribution in [3.63, 3.8) is 0 Å². The van der Waals surface area contributed by atoms with Gasteiger partial charge in [-0.3, -0.25) is 0 Å². The topological polar surface area (TPSA) is 27.6 Å². The molecule has 0 fully saturated rings. The van der Waals surface area contributed by atoms with Gasteiger partial charge in [-0.15, -0.1) is 0 Å². The third-order valence-electron chi connectivity index (χ3n) is 0.460. The van der Waals surface area contributed by atoms with Crippen LogP contribution in [0.3, 0.4) is 0 Å². The standard InChI is InChI=1S/C3H6F3N/c4-3(5,6)1-2-7/h1-2,7H2/p+1. The Morgan fingerprint density at radius 1 is 1.29 bits per heavy atom. The van der Waals surface area contributed by atoms with Crippen LogP contribution in [0, 0.1) is 0 Å². The summed E-state index contributed by atoms with van der Waals surface area (Å²) in [6.45, 7) is -0.0660. The molecule has 4 heteroatoms. The molecule has 0 rings (SSSR count). The van der Waals surface area contributed by atoms with E-state index in [-0.39, 0.29) is 6.54 Å². The molecule has 0 aromatic carbocycles. The van der Waals surface area contributed by atoms with Crippen LogP contribution in [0.1, 0.15) is 6.42 Å². The first-order valence-electron chi connectivity index (χ1n) is 1.92. The van der Waals surface area contributed by atoms with E-state index in [0.29, 0.717) is 0 Å². The molecule has 0 atom stereocenters. The molecule has 44 valence electrons. The van der Waals surface area contributed by atoms with Gasteiger partial charge in [0.05, 0.1) is 13.0 Å². The maximum absolute atomic E-state index is 11.0. The smallest absolute Gasteiger partial charge is 0.357 e. The lowest BCUT2D eigenvalue weighted by atomic mass is 10.4. The zero-order valence-electron chi connectivity index (χ0n) is 3.76. The third-order valence-corrected chi connectivity index (χ3v) is 0.460. The Balaban J connectivity index is 3.15. The van der Waals surface area contributed by atoms with Crippen molar-refractivity contribution in [3.05, 3.63) is 0 Å². The van der Waals surface area contributed by atoms with E-state index >= 15 is 0 Å². The quantitative estimate of drug-likeness (QED) is 0.503. The molecule has 0 saturated heterocycles. The molecule has 0 saturated carbocycles. The van der Waals surface area contributed by atoms with Crippen molar-refractivity contribution >= 4 is 0 Å². The maximum Gasteiger partial charge on any atom is 0.394 e. The van der Waals surface area contributed by atoms with Crippen molar-refractivity contribution in [2.45, 2.75) is 12.6 Å². The molecule has 0 aliphatic rings. The molecule has 0 amide bonds. The second kappa shape index (κ2) is 2.16. The fraction of sp³-hybridized carbons (Fsp3) is 1.00. The van der Waals surface area contributed by atoms with Crippen LogP contribution in [0.15, 0.2) is 0 Å². The van der Waals surface area contributed by atoms with Gasteiger partial charge in [0.15, 0.2) is 0 Å². The van der Waals surface area contributed by atoms with Gasteiger partial charge in [-0.2, -0.15) is 13.2 Å². The minimum atomic E-state index is -4.01. The molecular formula is C3H7F3N+. The number of halogens is 3. The van der Waals surface area contributed by atoms with Crippen molar-refractivity contribution in [1.82, 2.24) is 0 Å². The first-order valence-corrected chi connectivity index (χ1v) is 1.92. The van der Waals surface area contributed by atoms with Crippen LogP contribution < -0.4 is 5.73 Å². The molecule has 0 bridgehead atoms. The van der Waals surface area contributed by atoms with E-state index in [1.165, 1.54) is 0 Å². The highest BCUT2D eigenvalue weighted by Gasteiger charge is 2.26. The van der Waals surface area contributed by atoms with Gasteiger partial charge in [0, 0.05) is 0 Å². The minimum absolute atomic E-state index is 0.0660. The largest absolute Gasteiger partial charge is 0.394 e. The summed E-state index contributed by atoms with van der Waals surface area (Å²) in [5.74, 6) is 0. The Morgan fingerprint density at radius 2 is 1.71 bits per heavy atom. The third kappa shape index (κ3) is 5.75. The monoisotopic (exact) mass is 114 g/mol. The summed E-state index contributed by atoms with van der Waals surface area (Å²) in [6, 6.07) is 0. The highest BCUT2D eigenvalue weighted by Crippen LogP contribution is 2.17. The van der Waals surface area contributed by atoms with Crippen molar-refractivity contribution in [1.29, 1.82) is 0 Å². The van der Waals surface area contributed by atoms with Gasteiger partial charge in [0.1, 0.15) is 0 Å². The average Bonchev–Trinajstić information content (AvgIpc) is 1.30. The highest BCUT2D eigenvalue weighted by atomic mass is 19.4. The summed E-state index contributed by atoms with van der Waals surface area (Å²) >= 11 is 0. The molecule has 0 radical (unpaired) electrons. The van der Waals surface area contributed by atoms with E-state index in [0.717, 1.165) is 0 Å². The SMILES string of the molecule is [NH3+]CCC(F)(F)F. The zero-order chi connectivity index (χ0) is 5.91. The average molecular weight is 114 g/mol. The maximum atomic E-state index is 11.0. The molecule has 0 heterocycles. The molecule has 0 aromatic heterocycles. The van der Waals surface area contributed by atoms with Crippen LogP contribution in [-0.4, -0.2) is 12.7 Å². The van der Waals surface area contributed by atoms with Gasteiger partial charge in [-0.05, 0) is 0 Å². The van der Waals surface area contributed by atoms with Gasteiger partial charge >= 0.3 is 6.18 Å². The summed E-state index contributed by atoms with van der Waals surface area (Å²) in [5.41, 5.74) is 3.05. The lowest BCUT2D eigenvalue weighted by molar-refractivity contribution is -0.380. The Bertz CT molecular complexity index is 48.6. The Labute approximate surface area is 39.3 Å². The predicted molar refractivity (Wildman–Crippen MR) is 18.4 cm³/mol. The van der Waals surface area contributed by atoms with E-state index in [9.17, 15) is 13.2 Å². The Hall–Kier alpha value is -0.250. The summed E-state index contributed by atoms with van der Waals surface area (Å²) in [4.78, 5) is 0. The van der Waals surface area contributed by atoms with E-state index in [2.05, 4.69) is 5.73 Å². The van der Waals surface area contributed by atoms with E-state index in [1.54, 1.807) is 0 Å². The molecule has 0 spiro atoms. The van der Waals surface area contributed by atoms with Gasteiger partial charge in [-0.1, -0.05) is 0 Å². The van der Waals surface area contributed by atoms with Gasteiger partial charge < -0.3 is 5.73 Å². The fourth-order valence-corrected chi connectivity index (χ4v) is 0.200. The van der Waals surface area contributed by atoms with Crippen LogP contribution in [0.4, 0.5) is 13.2 Å². The number of rotatable bonds is 1. The first-order chi connectivity index (χ1) is 3.06. The van der Waals surface area contributed by atoms with Gasteiger partial charge in [0.25, 0.3) is 0 Å². The second-order valence-electron chi connectivity index (χ2n) is 1.22. The molecule has 7 heavy (non-hydrogen) atoms. The Kier molecular flexibility index (Phi) is 2.08. The number of quaternary nitrogens is 1. The van der Waals surface area contributed by atoms with Crippen molar-refractivity contribution in [2.75, 3.05) is 6.54 Å². The normalized spacial score (nSPS) is 12.0. The molecule has 0 aliphatic carbocycles. The zero-order valence-corrected chi connectivity index (χ0v) is 3.76. The summed E-state index contributed by atoms with van der Waals surface area (Å²) < 4.78 is 33.0. The van der Waals surface area contributed by atoms with Crippen LogP contribution in [0.25, 0.3) is 0 Å². The van der Waals surface area contributed by atoms with Gasteiger partial charge in [0.2, 0.25) is 0 Å². The van der Waals surface area contributed by atoms with Crippen molar-refractivity contribution in [3.8, 4) is 0 Å². The van der Waals surface area contributed by atoms with Crippen LogP contribution in [0.5, 0.6) is 0 Å². The lowest BCUT2D eigenvalue weighted by Gasteiger charge is -1.98. The fourth-order valence-electron chi connectivity index (χ4n) is 0.200. The molecule has 3 N–H and O–H groups in total. The molecular weight excluding hydrogens is 107 g/mol. The summed E-state index contributed by atoms with van der Waals surface area (Å²) in [5, 5.41) is 0. The van der Waals surface area contributed by atoms with Crippen LogP contribution in [0.2, 0.25) is 0 Å². The van der Waals surface area contributed by atoms with Crippen LogP contribution >= 0.6 is 0 Å². The van der Waals surface area contributed by atoms with E-state index < -0.39 is 12.6 Å². The number of hydrogen-bond acceptors (Lipinski definition) is 0. The predicted octanol–water partition coefficient (Wildman–Crippen LogP) is 0.181. The van der Waals surface area contributed by atoms with Crippen LogP contribution in [-0.2, 0) is 0 Å². The minimum Gasteiger partial charge on any atom is -0.357 e. The van der Waals surface area contributed by atoms with E-state index in [1.807, 2.05) is 0 Å². The first kappa shape index (κ1) is 6.75. The number of hydrogen-bond donors (Lipinski definition) is 1.